The number of carbonyl (C=O) groups is 1. The molecule has 1 heterocycles. The summed E-state index contributed by atoms with van der Waals surface area (Å²) in [5.41, 5.74) is 2.84. The van der Waals surface area contributed by atoms with Gasteiger partial charge in [-0.2, -0.15) is 0 Å². The van der Waals surface area contributed by atoms with Crippen molar-refractivity contribution in [2.45, 2.75) is 20.8 Å². The SMILES string of the molecule is Cc1cc(Cl)ccc1NC(=O)c1c(C)cc(C)n(C)c1=O. The van der Waals surface area contributed by atoms with Gasteiger partial charge in [-0.1, -0.05) is 11.6 Å². The molecule has 0 unspecified atom stereocenters. The molecule has 0 fully saturated rings. The maximum Gasteiger partial charge on any atom is 0.263 e. The topological polar surface area (TPSA) is 51.1 Å². The molecule has 0 aliphatic rings. The highest BCUT2D eigenvalue weighted by molar-refractivity contribution is 6.30. The standard InChI is InChI=1S/C16H17ClN2O2/c1-9-8-12(17)5-6-13(9)18-15(20)14-10(2)7-11(3)19(4)16(14)21/h5-8H,1-4H3,(H,18,20). The van der Waals surface area contributed by atoms with Gasteiger partial charge < -0.3 is 9.88 Å². The normalized spacial score (nSPS) is 10.5. The Balaban J connectivity index is 2.42. The Morgan fingerprint density at radius 2 is 1.81 bits per heavy atom. The largest absolute Gasteiger partial charge is 0.322 e. The van der Waals surface area contributed by atoms with E-state index in [9.17, 15) is 9.59 Å². The van der Waals surface area contributed by atoms with Gasteiger partial charge in [0.05, 0.1) is 0 Å². The van der Waals surface area contributed by atoms with Crippen molar-refractivity contribution in [3.8, 4) is 0 Å². The van der Waals surface area contributed by atoms with Gasteiger partial charge in [0, 0.05) is 23.5 Å². The van der Waals surface area contributed by atoms with Crippen LogP contribution in [0, 0.1) is 20.8 Å². The van der Waals surface area contributed by atoms with Crippen LogP contribution in [0.2, 0.25) is 5.02 Å². The number of amides is 1. The predicted molar refractivity (Wildman–Crippen MR) is 85.3 cm³/mol. The molecule has 0 aliphatic heterocycles. The highest BCUT2D eigenvalue weighted by Crippen LogP contribution is 2.20. The van der Waals surface area contributed by atoms with Crippen molar-refractivity contribution in [3.05, 3.63) is 62.0 Å². The van der Waals surface area contributed by atoms with Crippen molar-refractivity contribution < 1.29 is 4.79 Å². The Morgan fingerprint density at radius 1 is 1.14 bits per heavy atom. The number of aryl methyl sites for hydroxylation is 3. The maximum absolute atomic E-state index is 12.4. The number of hydrogen-bond donors (Lipinski definition) is 1. The van der Waals surface area contributed by atoms with E-state index < -0.39 is 5.91 Å². The summed E-state index contributed by atoms with van der Waals surface area (Å²) in [6, 6.07) is 7.01. The monoisotopic (exact) mass is 304 g/mol. The second-order valence-electron chi connectivity index (χ2n) is 5.12. The molecule has 0 radical (unpaired) electrons. The zero-order chi connectivity index (χ0) is 15.7. The Bertz CT molecular complexity index is 779. The molecule has 2 rings (SSSR count). The average molecular weight is 305 g/mol. The number of carbonyl (C=O) groups excluding carboxylic acids is 1. The summed E-state index contributed by atoms with van der Waals surface area (Å²) >= 11 is 5.89. The summed E-state index contributed by atoms with van der Waals surface area (Å²) in [6.45, 7) is 5.44. The van der Waals surface area contributed by atoms with Crippen molar-refractivity contribution in [3.63, 3.8) is 0 Å². The number of nitrogens with one attached hydrogen (secondary N) is 1. The zero-order valence-corrected chi connectivity index (χ0v) is 13.2. The van der Waals surface area contributed by atoms with Gasteiger partial charge in [-0.25, -0.2) is 0 Å². The number of benzene rings is 1. The van der Waals surface area contributed by atoms with E-state index in [0.717, 1.165) is 11.3 Å². The van der Waals surface area contributed by atoms with Crippen molar-refractivity contribution >= 4 is 23.2 Å². The Labute approximate surface area is 128 Å². The van der Waals surface area contributed by atoms with Gasteiger partial charge in [0.25, 0.3) is 11.5 Å². The van der Waals surface area contributed by atoms with Gasteiger partial charge in [-0.3, -0.25) is 9.59 Å². The van der Waals surface area contributed by atoms with Gasteiger partial charge in [-0.15, -0.1) is 0 Å². The first-order chi connectivity index (χ1) is 9.81. The van der Waals surface area contributed by atoms with Crippen LogP contribution in [0.3, 0.4) is 0 Å². The fourth-order valence-electron chi connectivity index (χ4n) is 2.21. The van der Waals surface area contributed by atoms with Gasteiger partial charge >= 0.3 is 0 Å². The lowest BCUT2D eigenvalue weighted by Crippen LogP contribution is -2.30. The van der Waals surface area contributed by atoms with Crippen LogP contribution < -0.4 is 10.9 Å². The molecular formula is C16H17ClN2O2. The molecule has 1 amide bonds. The van der Waals surface area contributed by atoms with Crippen molar-refractivity contribution in [2.75, 3.05) is 5.32 Å². The van der Waals surface area contributed by atoms with E-state index in [1.807, 2.05) is 19.9 Å². The lowest BCUT2D eigenvalue weighted by Gasteiger charge is -2.12. The van der Waals surface area contributed by atoms with Crippen LogP contribution in [0.15, 0.2) is 29.1 Å². The van der Waals surface area contributed by atoms with Crippen molar-refractivity contribution in [1.29, 1.82) is 0 Å². The molecule has 0 spiro atoms. The molecule has 1 aromatic carbocycles. The Kier molecular flexibility index (Phi) is 4.19. The second-order valence-corrected chi connectivity index (χ2v) is 5.56. The minimum atomic E-state index is -0.404. The van der Waals surface area contributed by atoms with Crippen molar-refractivity contribution in [1.82, 2.24) is 4.57 Å². The molecule has 0 saturated heterocycles. The first-order valence-electron chi connectivity index (χ1n) is 6.56. The van der Waals surface area contributed by atoms with E-state index in [1.54, 1.807) is 32.2 Å². The summed E-state index contributed by atoms with van der Waals surface area (Å²) in [7, 11) is 1.65. The number of halogens is 1. The van der Waals surface area contributed by atoms with Crippen LogP contribution >= 0.6 is 11.6 Å². The molecule has 1 aromatic heterocycles. The third-order valence-corrected chi connectivity index (χ3v) is 3.77. The van der Waals surface area contributed by atoms with Crippen LogP contribution in [0.4, 0.5) is 5.69 Å². The Hall–Kier alpha value is -2.07. The van der Waals surface area contributed by atoms with Gasteiger partial charge in [-0.05, 0) is 56.2 Å². The minimum absolute atomic E-state index is 0.164. The van der Waals surface area contributed by atoms with Crippen LogP contribution in [0.1, 0.15) is 27.2 Å². The van der Waals surface area contributed by atoms with Crippen LogP contribution in [-0.4, -0.2) is 10.5 Å². The van der Waals surface area contributed by atoms with E-state index in [0.29, 0.717) is 16.3 Å². The highest BCUT2D eigenvalue weighted by Gasteiger charge is 2.17. The van der Waals surface area contributed by atoms with E-state index in [2.05, 4.69) is 5.32 Å². The van der Waals surface area contributed by atoms with E-state index in [1.165, 1.54) is 4.57 Å². The van der Waals surface area contributed by atoms with Gasteiger partial charge in [0.1, 0.15) is 5.56 Å². The van der Waals surface area contributed by atoms with Crippen LogP contribution in [-0.2, 0) is 7.05 Å². The fourth-order valence-corrected chi connectivity index (χ4v) is 2.43. The molecule has 5 heteroatoms. The van der Waals surface area contributed by atoms with Gasteiger partial charge in [0.15, 0.2) is 0 Å². The van der Waals surface area contributed by atoms with E-state index >= 15 is 0 Å². The highest BCUT2D eigenvalue weighted by atomic mass is 35.5. The molecule has 4 nitrogen and oxygen atoms in total. The van der Waals surface area contributed by atoms with Gasteiger partial charge in [0.2, 0.25) is 0 Å². The first-order valence-corrected chi connectivity index (χ1v) is 6.94. The number of hydrogen-bond acceptors (Lipinski definition) is 2. The lowest BCUT2D eigenvalue weighted by molar-refractivity contribution is 0.102. The number of nitrogens with zero attached hydrogens (tertiary/aromatic N) is 1. The molecule has 21 heavy (non-hydrogen) atoms. The van der Waals surface area contributed by atoms with Crippen molar-refractivity contribution in [2.24, 2.45) is 7.05 Å². The van der Waals surface area contributed by atoms with Crippen LogP contribution in [0.25, 0.3) is 0 Å². The third-order valence-electron chi connectivity index (χ3n) is 3.53. The molecular weight excluding hydrogens is 288 g/mol. The molecule has 0 aliphatic carbocycles. The average Bonchev–Trinajstić information content (AvgIpc) is 2.39. The fraction of sp³-hybridized carbons (Fsp3) is 0.250. The Morgan fingerprint density at radius 3 is 2.43 bits per heavy atom. The quantitative estimate of drug-likeness (QED) is 0.926. The molecule has 1 N–H and O–H groups in total. The zero-order valence-electron chi connectivity index (χ0n) is 12.5. The summed E-state index contributed by atoms with van der Waals surface area (Å²) in [5, 5.41) is 3.38. The molecule has 110 valence electrons. The first kappa shape index (κ1) is 15.3. The van der Waals surface area contributed by atoms with E-state index in [4.69, 9.17) is 11.6 Å². The molecule has 2 aromatic rings. The minimum Gasteiger partial charge on any atom is -0.322 e. The summed E-state index contributed by atoms with van der Waals surface area (Å²) < 4.78 is 1.47. The summed E-state index contributed by atoms with van der Waals surface area (Å²) in [5.74, 6) is -0.404. The summed E-state index contributed by atoms with van der Waals surface area (Å²) in [4.78, 5) is 24.7. The lowest BCUT2D eigenvalue weighted by atomic mass is 10.1. The molecule has 0 bridgehead atoms. The summed E-state index contributed by atoms with van der Waals surface area (Å²) in [6.07, 6.45) is 0. The van der Waals surface area contributed by atoms with E-state index in [-0.39, 0.29) is 11.1 Å². The number of pyridine rings is 1. The molecule has 0 atom stereocenters. The molecule has 0 saturated carbocycles. The number of anilines is 1. The maximum atomic E-state index is 12.4. The van der Waals surface area contributed by atoms with Crippen LogP contribution in [0.5, 0.6) is 0 Å². The predicted octanol–water partition coefficient (Wildman–Crippen LogP) is 3.22. The third kappa shape index (κ3) is 3.00. The number of aromatic nitrogens is 1. The second kappa shape index (κ2) is 5.74. The number of rotatable bonds is 2. The smallest absolute Gasteiger partial charge is 0.263 e.